The zero-order chi connectivity index (χ0) is 23.8. The molecule has 2 amide bonds. The van der Waals surface area contributed by atoms with Crippen LogP contribution in [0.2, 0.25) is 0 Å². The lowest BCUT2D eigenvalue weighted by Gasteiger charge is -2.20. The number of rotatable bonds is 4. The van der Waals surface area contributed by atoms with Crippen LogP contribution in [-0.4, -0.2) is 43.3 Å². The van der Waals surface area contributed by atoms with Crippen molar-refractivity contribution in [3.05, 3.63) is 39.8 Å². The molecule has 33 heavy (non-hydrogen) atoms. The summed E-state index contributed by atoms with van der Waals surface area (Å²) in [6.07, 6.45) is 11.4. The molecule has 1 aromatic rings. The third-order valence-corrected chi connectivity index (χ3v) is 6.75. The number of nitrogens with zero attached hydrogens (tertiary/aromatic N) is 1. The molecule has 0 spiro atoms. The summed E-state index contributed by atoms with van der Waals surface area (Å²) in [5, 5.41) is 11.9. The number of nitrogens with one attached hydrogen (secondary N) is 2. The molecule has 0 bridgehead atoms. The highest BCUT2D eigenvalue weighted by Gasteiger charge is 2.24. The molecule has 8 nitrogen and oxygen atoms in total. The van der Waals surface area contributed by atoms with E-state index in [9.17, 15) is 4.79 Å². The van der Waals surface area contributed by atoms with Gasteiger partial charge in [0.1, 0.15) is 18.1 Å². The molecule has 1 aliphatic heterocycles. The number of benzene rings is 1. The maximum Gasteiger partial charge on any atom is 0.316 e. The number of carbonyl (C=O) groups excluding carboxylic acids is 1. The van der Waals surface area contributed by atoms with Crippen LogP contribution in [0.3, 0.4) is 0 Å². The standard InChI is InChI=1S/C13H16N2O.C12H22N2O3/c14-13(16)15-12-10-5-1-3-8(10)7-9-4-2-6-11(9)12;1-4-10-5-6-11(16-3)8-17-9(2)12(14-15)7-13-10/h7H,1-6H2,(H3,14,15,16);7,10-11,14-15H,4-6,8H2,1-3H3/b;12-9-,13-7?. The number of primary amides is 1. The van der Waals surface area contributed by atoms with E-state index in [4.69, 9.17) is 20.4 Å². The van der Waals surface area contributed by atoms with Crippen LogP contribution in [-0.2, 0) is 35.2 Å². The molecule has 8 heteroatoms. The Morgan fingerprint density at radius 2 is 1.88 bits per heavy atom. The average molecular weight is 459 g/mol. The predicted molar refractivity (Wildman–Crippen MR) is 130 cm³/mol. The van der Waals surface area contributed by atoms with Crippen LogP contribution < -0.4 is 16.5 Å². The number of amides is 2. The van der Waals surface area contributed by atoms with Gasteiger partial charge in [-0.2, -0.15) is 0 Å². The van der Waals surface area contributed by atoms with Crippen LogP contribution in [0.5, 0.6) is 0 Å². The molecule has 5 N–H and O–H groups in total. The van der Waals surface area contributed by atoms with Gasteiger partial charge in [-0.3, -0.25) is 15.7 Å². The van der Waals surface area contributed by atoms with E-state index in [1.807, 2.05) is 0 Å². The van der Waals surface area contributed by atoms with Gasteiger partial charge < -0.3 is 20.5 Å². The second kappa shape index (κ2) is 12.0. The summed E-state index contributed by atoms with van der Waals surface area (Å²) in [5.74, 6) is 0.620. The van der Waals surface area contributed by atoms with Crippen molar-refractivity contribution in [1.82, 2.24) is 5.48 Å². The molecule has 0 aromatic heterocycles. The zero-order valence-corrected chi connectivity index (χ0v) is 20.1. The van der Waals surface area contributed by atoms with E-state index in [2.05, 4.69) is 28.8 Å². The van der Waals surface area contributed by atoms with Crippen molar-refractivity contribution in [2.45, 2.75) is 83.8 Å². The third kappa shape index (κ3) is 6.48. The van der Waals surface area contributed by atoms with E-state index >= 15 is 0 Å². The van der Waals surface area contributed by atoms with Crippen LogP contribution in [0.4, 0.5) is 10.5 Å². The zero-order valence-electron chi connectivity index (χ0n) is 20.1. The predicted octanol–water partition coefficient (Wildman–Crippen LogP) is 4.03. The lowest BCUT2D eigenvalue weighted by molar-refractivity contribution is 0.0244. The first kappa shape index (κ1) is 25.1. The van der Waals surface area contributed by atoms with Crippen molar-refractivity contribution in [2.75, 3.05) is 19.0 Å². The van der Waals surface area contributed by atoms with Crippen molar-refractivity contribution >= 4 is 17.9 Å². The van der Waals surface area contributed by atoms with Gasteiger partial charge in [-0.05, 0) is 87.0 Å². The monoisotopic (exact) mass is 458 g/mol. The topological polar surface area (TPSA) is 118 Å². The number of hydrogen-bond donors (Lipinski definition) is 4. The van der Waals surface area contributed by atoms with Crippen LogP contribution in [0.15, 0.2) is 22.5 Å². The maximum absolute atomic E-state index is 11.1. The Hall–Kier alpha value is -2.58. The maximum atomic E-state index is 11.1. The summed E-state index contributed by atoms with van der Waals surface area (Å²) in [6.45, 7) is 4.40. The summed E-state index contributed by atoms with van der Waals surface area (Å²) in [7, 11) is 1.69. The number of carbonyl (C=O) groups is 1. The fourth-order valence-electron chi connectivity index (χ4n) is 4.80. The van der Waals surface area contributed by atoms with Crippen molar-refractivity contribution in [1.29, 1.82) is 0 Å². The van der Waals surface area contributed by atoms with Gasteiger partial charge in [-0.25, -0.2) is 4.79 Å². The van der Waals surface area contributed by atoms with Gasteiger partial charge in [-0.15, -0.1) is 0 Å². The first-order valence-electron chi connectivity index (χ1n) is 12.0. The van der Waals surface area contributed by atoms with Gasteiger partial charge in [0.2, 0.25) is 0 Å². The number of fused-ring (bicyclic) bond motifs is 2. The summed E-state index contributed by atoms with van der Waals surface area (Å²) >= 11 is 0. The molecule has 2 aliphatic carbocycles. The lowest BCUT2D eigenvalue weighted by Crippen LogP contribution is -2.23. The number of hydroxylamine groups is 1. The Morgan fingerprint density at radius 1 is 1.21 bits per heavy atom. The number of urea groups is 1. The van der Waals surface area contributed by atoms with Crippen LogP contribution >= 0.6 is 0 Å². The van der Waals surface area contributed by atoms with Gasteiger partial charge >= 0.3 is 6.03 Å². The van der Waals surface area contributed by atoms with Crippen molar-refractivity contribution < 1.29 is 19.5 Å². The molecular formula is C25H38N4O4. The third-order valence-electron chi connectivity index (χ3n) is 6.75. The Kier molecular flexibility index (Phi) is 9.14. The summed E-state index contributed by atoms with van der Waals surface area (Å²) in [6, 6.07) is 2.17. The molecule has 0 saturated heterocycles. The van der Waals surface area contributed by atoms with Crippen LogP contribution in [0.1, 0.15) is 68.2 Å². The number of ether oxygens (including phenoxy) is 2. The number of anilines is 1. The van der Waals surface area contributed by atoms with Gasteiger partial charge in [0.05, 0.1) is 12.3 Å². The molecule has 1 aromatic carbocycles. The molecule has 0 fully saturated rings. The smallest absolute Gasteiger partial charge is 0.316 e. The second-order valence-electron chi connectivity index (χ2n) is 8.89. The van der Waals surface area contributed by atoms with Crippen LogP contribution in [0.25, 0.3) is 0 Å². The Bertz CT molecular complexity index is 865. The van der Waals surface area contributed by atoms with E-state index in [1.54, 1.807) is 20.2 Å². The Balaban J connectivity index is 0.000000186. The fourth-order valence-corrected chi connectivity index (χ4v) is 4.80. The molecule has 3 aliphatic rings. The van der Waals surface area contributed by atoms with Crippen molar-refractivity contribution in [2.24, 2.45) is 10.7 Å². The van der Waals surface area contributed by atoms with Gasteiger partial charge in [0, 0.05) is 18.8 Å². The largest absolute Gasteiger partial charge is 0.493 e. The molecule has 4 rings (SSSR count). The fraction of sp³-hybridized carbons (Fsp3) is 0.600. The minimum atomic E-state index is -0.436. The van der Waals surface area contributed by atoms with E-state index in [0.717, 1.165) is 50.6 Å². The van der Waals surface area contributed by atoms with E-state index in [1.165, 1.54) is 35.1 Å². The van der Waals surface area contributed by atoms with Gasteiger partial charge in [0.15, 0.2) is 0 Å². The minimum absolute atomic E-state index is 0.0762. The normalized spacial score (nSPS) is 24.1. The molecule has 0 saturated carbocycles. The molecule has 182 valence electrons. The quantitative estimate of drug-likeness (QED) is 0.508. The molecular weight excluding hydrogens is 420 g/mol. The Labute approximate surface area is 196 Å². The molecule has 2 unspecified atom stereocenters. The summed E-state index contributed by atoms with van der Waals surface area (Å²) in [4.78, 5) is 15.5. The first-order valence-corrected chi connectivity index (χ1v) is 12.0. The Morgan fingerprint density at radius 3 is 2.42 bits per heavy atom. The molecule has 2 atom stereocenters. The minimum Gasteiger partial charge on any atom is -0.493 e. The second-order valence-corrected chi connectivity index (χ2v) is 8.89. The van der Waals surface area contributed by atoms with Gasteiger partial charge in [0.25, 0.3) is 0 Å². The highest BCUT2D eigenvalue weighted by molar-refractivity contribution is 5.90. The molecule has 1 heterocycles. The highest BCUT2D eigenvalue weighted by atomic mass is 16.5. The van der Waals surface area contributed by atoms with E-state index in [-0.39, 0.29) is 12.1 Å². The number of aliphatic imine (C=N–C) groups is 1. The highest BCUT2D eigenvalue weighted by Crippen LogP contribution is 2.38. The van der Waals surface area contributed by atoms with Gasteiger partial charge in [-0.1, -0.05) is 13.0 Å². The van der Waals surface area contributed by atoms with E-state index in [0.29, 0.717) is 18.1 Å². The number of methoxy groups -OCH3 is 1. The number of nitrogens with two attached hydrogens (primary N) is 1. The molecule has 0 radical (unpaired) electrons. The van der Waals surface area contributed by atoms with Crippen molar-refractivity contribution in [3.63, 3.8) is 0 Å². The lowest BCUT2D eigenvalue weighted by atomic mass is 9.99. The average Bonchev–Trinajstić information content (AvgIpc) is 3.47. The van der Waals surface area contributed by atoms with Crippen molar-refractivity contribution in [3.8, 4) is 0 Å². The summed E-state index contributed by atoms with van der Waals surface area (Å²) in [5.41, 5.74) is 14.4. The summed E-state index contributed by atoms with van der Waals surface area (Å²) < 4.78 is 10.9. The first-order chi connectivity index (χ1) is 16.0. The number of allylic oxidation sites excluding steroid dienone is 2. The SMILES string of the molecule is CCC1CCC(OC)CO/C(C)=C(\NO)C=N1.NC(=O)Nc1c2c(cc3c1CCC3)CCC2. The number of hydrogen-bond acceptors (Lipinski definition) is 6. The van der Waals surface area contributed by atoms with Crippen LogP contribution in [0, 0.1) is 0 Å². The van der Waals surface area contributed by atoms with E-state index < -0.39 is 6.03 Å². The number of aryl methyl sites for hydroxylation is 2.